The molecule has 0 saturated heterocycles. The molecule has 0 bridgehead atoms. The first-order chi connectivity index (χ1) is 11.3. The van der Waals surface area contributed by atoms with Crippen molar-refractivity contribution in [2.24, 2.45) is 7.05 Å². The molecule has 0 aliphatic carbocycles. The van der Waals surface area contributed by atoms with Crippen LogP contribution in [0.15, 0.2) is 56.6 Å². The zero-order valence-corrected chi connectivity index (χ0v) is 13.9. The van der Waals surface area contributed by atoms with Crippen molar-refractivity contribution in [3.63, 3.8) is 0 Å². The Hall–Kier alpha value is -2.45. The molecule has 1 heterocycles. The smallest absolute Gasteiger partial charge is 0.408 e. The molecule has 0 amide bonds. The van der Waals surface area contributed by atoms with Crippen molar-refractivity contribution < 1.29 is 17.2 Å². The average molecular weight is 350 g/mol. The molecule has 126 valence electrons. The minimum absolute atomic E-state index is 0.0248. The van der Waals surface area contributed by atoms with E-state index in [4.69, 9.17) is 4.42 Å². The van der Waals surface area contributed by atoms with E-state index in [0.29, 0.717) is 5.52 Å². The van der Waals surface area contributed by atoms with Gasteiger partial charge in [0.15, 0.2) is 5.58 Å². The Kier molecular flexibility index (Phi) is 4.02. The first-order valence-electron chi connectivity index (χ1n) is 7.10. The van der Waals surface area contributed by atoms with Crippen LogP contribution in [0.1, 0.15) is 5.56 Å². The van der Waals surface area contributed by atoms with Crippen LogP contribution in [0, 0.1) is 5.82 Å². The van der Waals surface area contributed by atoms with Gasteiger partial charge in [-0.25, -0.2) is 17.6 Å². The van der Waals surface area contributed by atoms with Crippen molar-refractivity contribution >= 4 is 21.1 Å². The van der Waals surface area contributed by atoms with Crippen molar-refractivity contribution in [3.05, 3.63) is 64.4 Å². The number of halogens is 1. The van der Waals surface area contributed by atoms with Crippen LogP contribution in [-0.4, -0.2) is 24.3 Å². The number of aryl methyl sites for hydroxylation is 1. The van der Waals surface area contributed by atoms with Crippen LogP contribution in [-0.2, 0) is 23.6 Å². The van der Waals surface area contributed by atoms with Crippen LogP contribution in [0.25, 0.3) is 11.1 Å². The first-order valence-corrected chi connectivity index (χ1v) is 8.54. The highest BCUT2D eigenvalue weighted by atomic mass is 32.2. The van der Waals surface area contributed by atoms with Crippen LogP contribution in [0.2, 0.25) is 0 Å². The maximum atomic E-state index is 13.7. The van der Waals surface area contributed by atoms with Crippen molar-refractivity contribution in [3.8, 4) is 0 Å². The molecule has 0 saturated carbocycles. The summed E-state index contributed by atoms with van der Waals surface area (Å²) in [5, 5.41) is 0. The van der Waals surface area contributed by atoms with E-state index < -0.39 is 21.6 Å². The van der Waals surface area contributed by atoms with Crippen LogP contribution < -0.4 is 5.76 Å². The second-order valence-corrected chi connectivity index (χ2v) is 7.45. The predicted molar refractivity (Wildman–Crippen MR) is 86.5 cm³/mol. The molecule has 2 aromatic carbocycles. The van der Waals surface area contributed by atoms with Gasteiger partial charge in [-0.2, -0.15) is 4.31 Å². The van der Waals surface area contributed by atoms with E-state index in [1.54, 1.807) is 12.1 Å². The quantitative estimate of drug-likeness (QED) is 0.722. The lowest BCUT2D eigenvalue weighted by molar-refractivity contribution is 0.456. The zero-order chi connectivity index (χ0) is 17.5. The number of oxazole rings is 1. The summed E-state index contributed by atoms with van der Waals surface area (Å²) in [5.41, 5.74) is 0.953. The molecule has 6 nitrogen and oxygen atoms in total. The molecule has 0 spiro atoms. The Morgan fingerprint density at radius 1 is 1.21 bits per heavy atom. The van der Waals surface area contributed by atoms with E-state index in [0.717, 1.165) is 4.31 Å². The summed E-state index contributed by atoms with van der Waals surface area (Å²) in [6, 6.07) is 10.2. The van der Waals surface area contributed by atoms with E-state index in [1.165, 1.54) is 49.0 Å². The molecule has 0 N–H and O–H groups in total. The Bertz CT molecular complexity index is 1070. The topological polar surface area (TPSA) is 72.5 Å². The first kappa shape index (κ1) is 16.4. The third-order valence-electron chi connectivity index (χ3n) is 3.82. The lowest BCUT2D eigenvalue weighted by atomic mass is 10.2. The van der Waals surface area contributed by atoms with Gasteiger partial charge in [0, 0.05) is 32.3 Å². The van der Waals surface area contributed by atoms with Gasteiger partial charge in [-0.1, -0.05) is 18.2 Å². The second kappa shape index (κ2) is 5.88. The summed E-state index contributed by atoms with van der Waals surface area (Å²) in [5.74, 6) is -1.04. The highest BCUT2D eigenvalue weighted by molar-refractivity contribution is 7.89. The molecular weight excluding hydrogens is 335 g/mol. The fourth-order valence-electron chi connectivity index (χ4n) is 2.41. The molecule has 0 aliphatic heterocycles. The van der Waals surface area contributed by atoms with Gasteiger partial charge in [0.05, 0.1) is 10.4 Å². The molecule has 24 heavy (non-hydrogen) atoms. The van der Waals surface area contributed by atoms with Gasteiger partial charge in [0.25, 0.3) is 0 Å². The molecular formula is C16H15FN2O4S. The van der Waals surface area contributed by atoms with Crippen molar-refractivity contribution in [1.29, 1.82) is 0 Å². The van der Waals surface area contributed by atoms with Gasteiger partial charge >= 0.3 is 5.76 Å². The third-order valence-corrected chi connectivity index (χ3v) is 5.62. The van der Waals surface area contributed by atoms with Crippen molar-refractivity contribution in [2.75, 3.05) is 7.05 Å². The summed E-state index contributed by atoms with van der Waals surface area (Å²) in [4.78, 5) is 11.5. The maximum Gasteiger partial charge on any atom is 0.419 e. The fourth-order valence-corrected chi connectivity index (χ4v) is 3.57. The van der Waals surface area contributed by atoms with E-state index >= 15 is 0 Å². The number of sulfonamides is 1. The monoisotopic (exact) mass is 350 g/mol. The van der Waals surface area contributed by atoms with E-state index in [2.05, 4.69) is 0 Å². The number of rotatable bonds is 4. The highest BCUT2D eigenvalue weighted by Crippen LogP contribution is 2.22. The highest BCUT2D eigenvalue weighted by Gasteiger charge is 2.23. The minimum atomic E-state index is -3.85. The summed E-state index contributed by atoms with van der Waals surface area (Å²) >= 11 is 0. The lowest BCUT2D eigenvalue weighted by Crippen LogP contribution is -2.26. The van der Waals surface area contributed by atoms with Gasteiger partial charge in [-0.3, -0.25) is 4.57 Å². The Labute approximate surface area is 137 Å². The van der Waals surface area contributed by atoms with E-state index in [-0.39, 0.29) is 22.6 Å². The number of fused-ring (bicyclic) bond motifs is 1. The molecule has 0 fully saturated rings. The fraction of sp³-hybridized carbons (Fsp3) is 0.188. The zero-order valence-electron chi connectivity index (χ0n) is 13.1. The number of nitrogens with zero attached hydrogens (tertiary/aromatic N) is 2. The Balaban J connectivity index is 1.98. The van der Waals surface area contributed by atoms with Crippen LogP contribution in [0.3, 0.4) is 0 Å². The molecule has 8 heteroatoms. The predicted octanol–water partition coefficient (Wildman–Crippen LogP) is 2.09. The van der Waals surface area contributed by atoms with Gasteiger partial charge in [0.1, 0.15) is 5.82 Å². The van der Waals surface area contributed by atoms with Gasteiger partial charge in [-0.15, -0.1) is 0 Å². The normalized spacial score (nSPS) is 12.2. The number of benzene rings is 2. The average Bonchev–Trinajstić information content (AvgIpc) is 2.83. The van der Waals surface area contributed by atoms with E-state index in [9.17, 15) is 17.6 Å². The standard InChI is InChI=1S/C16H15FN2O4S/c1-18(10-11-5-3-4-6-13(11)17)24(21,22)12-7-8-14-15(9-12)23-16(20)19(14)2/h3-9H,10H2,1-2H3. The summed E-state index contributed by atoms with van der Waals surface area (Å²) < 4.78 is 46.4. The summed E-state index contributed by atoms with van der Waals surface area (Å²) in [7, 11) is -0.951. The van der Waals surface area contributed by atoms with E-state index in [1.807, 2.05) is 0 Å². The molecule has 0 radical (unpaired) electrons. The number of hydrogen-bond acceptors (Lipinski definition) is 4. The molecule has 0 unspecified atom stereocenters. The molecule has 0 aliphatic rings. The Morgan fingerprint density at radius 2 is 1.92 bits per heavy atom. The molecule has 3 aromatic rings. The Morgan fingerprint density at radius 3 is 2.62 bits per heavy atom. The minimum Gasteiger partial charge on any atom is -0.408 e. The summed E-state index contributed by atoms with van der Waals surface area (Å²) in [6.45, 7) is -0.105. The second-order valence-electron chi connectivity index (χ2n) is 5.41. The number of aromatic nitrogens is 1. The molecule has 1 aromatic heterocycles. The molecule has 0 atom stereocenters. The maximum absolute atomic E-state index is 13.7. The molecule has 3 rings (SSSR count). The lowest BCUT2D eigenvalue weighted by Gasteiger charge is -2.17. The van der Waals surface area contributed by atoms with Gasteiger partial charge in [-0.05, 0) is 18.2 Å². The van der Waals surface area contributed by atoms with Gasteiger partial charge in [0.2, 0.25) is 10.0 Å². The largest absolute Gasteiger partial charge is 0.419 e. The van der Waals surface area contributed by atoms with Crippen molar-refractivity contribution in [1.82, 2.24) is 8.87 Å². The SMILES string of the molecule is CN(Cc1ccccc1F)S(=O)(=O)c1ccc2c(c1)oc(=O)n2C. The van der Waals surface area contributed by atoms with Crippen molar-refractivity contribution in [2.45, 2.75) is 11.4 Å². The summed E-state index contributed by atoms with van der Waals surface area (Å²) in [6.07, 6.45) is 0. The van der Waals surface area contributed by atoms with Crippen LogP contribution in [0.5, 0.6) is 0 Å². The van der Waals surface area contributed by atoms with Gasteiger partial charge < -0.3 is 4.42 Å². The van der Waals surface area contributed by atoms with Crippen LogP contribution >= 0.6 is 0 Å². The van der Waals surface area contributed by atoms with Crippen LogP contribution in [0.4, 0.5) is 4.39 Å². The third kappa shape index (κ3) is 2.74. The number of hydrogen-bond donors (Lipinski definition) is 0.